The number of hydrogen-bond donors (Lipinski definition) is 2. The number of nitrogens with one attached hydrogen (secondary N) is 1. The Labute approximate surface area is 124 Å². The SMILES string of the molecule is CC(NC(=O)C(C)(C)C)C(=O)N1CC(C(=O)O)O[C@H](C)C1. The lowest BCUT2D eigenvalue weighted by molar-refractivity contribution is -0.167. The van der Waals surface area contributed by atoms with Crippen LogP contribution >= 0.6 is 0 Å². The van der Waals surface area contributed by atoms with Crippen molar-refractivity contribution in [3.05, 3.63) is 0 Å². The van der Waals surface area contributed by atoms with Gasteiger partial charge in [0.15, 0.2) is 6.10 Å². The minimum Gasteiger partial charge on any atom is -0.479 e. The van der Waals surface area contributed by atoms with Gasteiger partial charge < -0.3 is 20.1 Å². The van der Waals surface area contributed by atoms with Crippen LogP contribution in [0.25, 0.3) is 0 Å². The number of ether oxygens (including phenoxy) is 1. The lowest BCUT2D eigenvalue weighted by Gasteiger charge is -2.36. The standard InChI is InChI=1S/C14H24N2O5/c1-8-6-16(7-10(21-8)12(18)19)11(17)9(2)15-13(20)14(3,4)5/h8-10H,6-7H2,1-5H3,(H,15,20)(H,18,19)/t8-,9?,10?/m1/s1. The van der Waals surface area contributed by atoms with E-state index in [4.69, 9.17) is 9.84 Å². The van der Waals surface area contributed by atoms with Crippen molar-refractivity contribution in [2.75, 3.05) is 13.1 Å². The third-order valence-electron chi connectivity index (χ3n) is 3.25. The summed E-state index contributed by atoms with van der Waals surface area (Å²) in [6, 6.07) is -0.698. The maximum Gasteiger partial charge on any atom is 0.334 e. The summed E-state index contributed by atoms with van der Waals surface area (Å²) in [4.78, 5) is 36.7. The molecule has 2 amide bonds. The van der Waals surface area contributed by atoms with E-state index >= 15 is 0 Å². The minimum absolute atomic E-state index is 0.00572. The number of carboxylic acid groups (broad SMARTS) is 1. The Kier molecular flexibility index (Phi) is 5.33. The van der Waals surface area contributed by atoms with E-state index in [1.807, 2.05) is 0 Å². The summed E-state index contributed by atoms with van der Waals surface area (Å²) in [5.74, 6) is -1.61. The van der Waals surface area contributed by atoms with Gasteiger partial charge in [-0.3, -0.25) is 9.59 Å². The molecule has 1 aliphatic rings. The van der Waals surface area contributed by atoms with Crippen LogP contribution in [0.4, 0.5) is 0 Å². The lowest BCUT2D eigenvalue weighted by atomic mass is 9.95. The average molecular weight is 300 g/mol. The number of hydrogen-bond acceptors (Lipinski definition) is 4. The maximum absolute atomic E-state index is 12.3. The van der Waals surface area contributed by atoms with Crippen LogP contribution in [-0.2, 0) is 19.1 Å². The van der Waals surface area contributed by atoms with Crippen LogP contribution in [0.15, 0.2) is 0 Å². The predicted octanol–water partition coefficient (Wildman–Crippen LogP) is 0.238. The molecule has 0 bridgehead atoms. The first-order chi connectivity index (χ1) is 9.52. The third kappa shape index (κ3) is 4.70. The number of amides is 2. The number of nitrogens with zero attached hydrogens (tertiary/aromatic N) is 1. The molecule has 0 aromatic carbocycles. The van der Waals surface area contributed by atoms with Gasteiger partial charge in [0.2, 0.25) is 11.8 Å². The second-order valence-electron chi connectivity index (χ2n) is 6.46. The van der Waals surface area contributed by atoms with Crippen LogP contribution < -0.4 is 5.32 Å². The van der Waals surface area contributed by atoms with Gasteiger partial charge in [-0.15, -0.1) is 0 Å². The summed E-state index contributed by atoms with van der Waals surface area (Å²) in [5.41, 5.74) is -0.587. The van der Waals surface area contributed by atoms with E-state index < -0.39 is 23.5 Å². The van der Waals surface area contributed by atoms with Crippen molar-refractivity contribution in [3.8, 4) is 0 Å². The molecule has 0 aliphatic carbocycles. The zero-order valence-electron chi connectivity index (χ0n) is 13.2. The van der Waals surface area contributed by atoms with E-state index in [0.717, 1.165) is 0 Å². The molecular weight excluding hydrogens is 276 g/mol. The number of carbonyl (C=O) groups excluding carboxylic acids is 2. The van der Waals surface area contributed by atoms with Gasteiger partial charge in [-0.05, 0) is 13.8 Å². The van der Waals surface area contributed by atoms with Gasteiger partial charge in [-0.1, -0.05) is 20.8 Å². The van der Waals surface area contributed by atoms with Gasteiger partial charge >= 0.3 is 5.97 Å². The van der Waals surface area contributed by atoms with E-state index in [2.05, 4.69) is 5.32 Å². The van der Waals surface area contributed by atoms with Crippen LogP contribution in [0, 0.1) is 5.41 Å². The molecule has 2 N–H and O–H groups in total. The van der Waals surface area contributed by atoms with E-state index in [1.165, 1.54) is 4.90 Å². The number of carboxylic acids is 1. The first kappa shape index (κ1) is 17.4. The molecule has 1 heterocycles. The monoisotopic (exact) mass is 300 g/mol. The molecule has 3 atom stereocenters. The van der Waals surface area contributed by atoms with Crippen molar-refractivity contribution >= 4 is 17.8 Å². The smallest absolute Gasteiger partial charge is 0.334 e. The van der Waals surface area contributed by atoms with E-state index in [9.17, 15) is 14.4 Å². The van der Waals surface area contributed by atoms with Crippen LogP contribution in [0.2, 0.25) is 0 Å². The van der Waals surface area contributed by atoms with E-state index in [1.54, 1.807) is 34.6 Å². The molecule has 0 saturated carbocycles. The zero-order valence-corrected chi connectivity index (χ0v) is 13.2. The lowest BCUT2D eigenvalue weighted by Crippen LogP contribution is -2.57. The highest BCUT2D eigenvalue weighted by atomic mass is 16.5. The number of morpholine rings is 1. The maximum atomic E-state index is 12.3. The molecule has 7 nitrogen and oxygen atoms in total. The summed E-state index contributed by atoms with van der Waals surface area (Å²) in [6.07, 6.45) is -1.38. The molecule has 0 radical (unpaired) electrons. The second kappa shape index (κ2) is 6.43. The van der Waals surface area contributed by atoms with E-state index in [-0.39, 0.29) is 24.5 Å². The highest BCUT2D eigenvalue weighted by Crippen LogP contribution is 2.15. The molecule has 1 saturated heterocycles. The van der Waals surface area contributed by atoms with Crippen LogP contribution in [-0.4, -0.2) is 59.1 Å². The van der Waals surface area contributed by atoms with Crippen molar-refractivity contribution < 1.29 is 24.2 Å². The molecular formula is C14H24N2O5. The highest BCUT2D eigenvalue weighted by Gasteiger charge is 2.35. The fraction of sp³-hybridized carbons (Fsp3) is 0.786. The number of rotatable bonds is 3. The van der Waals surface area contributed by atoms with Gasteiger partial charge in [0.25, 0.3) is 0 Å². The molecule has 120 valence electrons. The van der Waals surface area contributed by atoms with Gasteiger partial charge in [0.1, 0.15) is 6.04 Å². The molecule has 1 fully saturated rings. The van der Waals surface area contributed by atoms with Crippen LogP contribution in [0.5, 0.6) is 0 Å². The largest absolute Gasteiger partial charge is 0.479 e. The van der Waals surface area contributed by atoms with Crippen molar-refractivity contribution in [1.82, 2.24) is 10.2 Å². The average Bonchev–Trinajstić information content (AvgIpc) is 2.35. The molecule has 7 heteroatoms. The summed E-state index contributed by atoms with van der Waals surface area (Å²) >= 11 is 0. The summed E-state index contributed by atoms with van der Waals surface area (Å²) in [7, 11) is 0. The Bertz CT molecular complexity index is 430. The van der Waals surface area contributed by atoms with Crippen LogP contribution in [0.1, 0.15) is 34.6 Å². The highest BCUT2D eigenvalue weighted by molar-refractivity contribution is 5.89. The summed E-state index contributed by atoms with van der Waals surface area (Å²) in [6.45, 7) is 8.91. The molecule has 0 aromatic heterocycles. The summed E-state index contributed by atoms with van der Waals surface area (Å²) in [5, 5.41) is 11.7. The van der Waals surface area contributed by atoms with Gasteiger partial charge in [-0.2, -0.15) is 0 Å². The van der Waals surface area contributed by atoms with Crippen molar-refractivity contribution in [2.24, 2.45) is 5.41 Å². The third-order valence-corrected chi connectivity index (χ3v) is 3.25. The molecule has 0 spiro atoms. The molecule has 2 unspecified atom stereocenters. The molecule has 1 aliphatic heterocycles. The quantitative estimate of drug-likeness (QED) is 0.778. The Balaban J connectivity index is 2.69. The van der Waals surface area contributed by atoms with Crippen molar-refractivity contribution in [1.29, 1.82) is 0 Å². The summed E-state index contributed by atoms with van der Waals surface area (Å²) < 4.78 is 5.26. The first-order valence-corrected chi connectivity index (χ1v) is 7.00. The Morgan fingerprint density at radius 1 is 1.29 bits per heavy atom. The van der Waals surface area contributed by atoms with Crippen molar-refractivity contribution in [3.63, 3.8) is 0 Å². The van der Waals surface area contributed by atoms with Gasteiger partial charge in [0, 0.05) is 12.0 Å². The van der Waals surface area contributed by atoms with Crippen molar-refractivity contribution in [2.45, 2.75) is 52.9 Å². The second-order valence-corrected chi connectivity index (χ2v) is 6.46. The molecule has 1 rings (SSSR count). The fourth-order valence-electron chi connectivity index (χ4n) is 2.02. The Morgan fingerprint density at radius 2 is 1.86 bits per heavy atom. The number of aliphatic carboxylic acids is 1. The van der Waals surface area contributed by atoms with Crippen LogP contribution in [0.3, 0.4) is 0 Å². The normalized spacial score (nSPS) is 24.3. The van der Waals surface area contributed by atoms with E-state index in [0.29, 0.717) is 6.54 Å². The van der Waals surface area contributed by atoms with Gasteiger partial charge in [0.05, 0.1) is 12.6 Å². The zero-order chi connectivity index (χ0) is 16.4. The number of carbonyl (C=O) groups is 3. The molecule has 21 heavy (non-hydrogen) atoms. The van der Waals surface area contributed by atoms with Gasteiger partial charge in [-0.25, -0.2) is 4.79 Å². The Hall–Kier alpha value is -1.63. The molecule has 0 aromatic rings. The minimum atomic E-state index is -1.09. The fourth-order valence-corrected chi connectivity index (χ4v) is 2.02. The Morgan fingerprint density at radius 3 is 2.33 bits per heavy atom. The predicted molar refractivity (Wildman–Crippen MR) is 75.6 cm³/mol. The first-order valence-electron chi connectivity index (χ1n) is 7.00. The topological polar surface area (TPSA) is 95.9 Å².